The van der Waals surface area contributed by atoms with Crippen molar-refractivity contribution in [1.29, 1.82) is 0 Å². The summed E-state index contributed by atoms with van der Waals surface area (Å²) in [4.78, 5) is 17.2. The molecule has 1 aromatic carbocycles. The minimum atomic E-state index is -0.0822. The van der Waals surface area contributed by atoms with E-state index in [2.05, 4.69) is 42.4 Å². The minimum absolute atomic E-state index is 0.0822. The molecule has 4 nitrogen and oxygen atoms in total. The van der Waals surface area contributed by atoms with Crippen LogP contribution >= 0.6 is 0 Å². The highest BCUT2D eigenvalue weighted by Gasteiger charge is 2.36. The first-order valence-corrected chi connectivity index (χ1v) is 9.20. The summed E-state index contributed by atoms with van der Waals surface area (Å²) in [5, 5.41) is 1.27. The number of carbonyl (C=O) groups is 1. The average Bonchev–Trinajstić information content (AvgIpc) is 3.02. The van der Waals surface area contributed by atoms with Crippen LogP contribution in [-0.4, -0.2) is 53.0 Å². The van der Waals surface area contributed by atoms with Crippen molar-refractivity contribution in [3.05, 3.63) is 41.6 Å². The number of aromatic nitrogens is 1. The number of benzene rings is 1. The molecule has 0 unspecified atom stereocenters. The number of carbonyl (C=O) groups excluding carboxylic acids is 1. The van der Waals surface area contributed by atoms with Crippen LogP contribution in [0.5, 0.6) is 0 Å². The molecule has 0 radical (unpaired) electrons. The fourth-order valence-corrected chi connectivity index (χ4v) is 4.55. The van der Waals surface area contributed by atoms with Gasteiger partial charge in [-0.05, 0) is 50.1 Å². The highest BCUT2D eigenvalue weighted by atomic mass is 16.2. The maximum Gasteiger partial charge on any atom is 0.230 e. The largest absolute Gasteiger partial charge is 0.350 e. The van der Waals surface area contributed by atoms with E-state index < -0.39 is 0 Å². The lowest BCUT2D eigenvalue weighted by Gasteiger charge is -2.40. The Morgan fingerprint density at radius 3 is 2.88 bits per heavy atom. The second-order valence-electron chi connectivity index (χ2n) is 7.22. The van der Waals surface area contributed by atoms with Gasteiger partial charge in [-0.1, -0.05) is 18.2 Å². The van der Waals surface area contributed by atoms with Crippen molar-refractivity contribution in [2.75, 3.05) is 26.7 Å². The van der Waals surface area contributed by atoms with Gasteiger partial charge in [0.1, 0.15) is 0 Å². The van der Waals surface area contributed by atoms with Crippen molar-refractivity contribution in [3.8, 4) is 0 Å². The molecule has 0 saturated carbocycles. The van der Waals surface area contributed by atoms with E-state index in [9.17, 15) is 4.79 Å². The van der Waals surface area contributed by atoms with Crippen molar-refractivity contribution < 1.29 is 6.17 Å². The van der Waals surface area contributed by atoms with Gasteiger partial charge >= 0.3 is 0 Å². The first kappa shape index (κ1) is 15.2. The molecule has 1 amide bonds. The van der Waals surface area contributed by atoms with Crippen LogP contribution in [0.4, 0.5) is 0 Å². The smallest absolute Gasteiger partial charge is 0.230 e. The Bertz CT molecular complexity index is 881. The molecule has 1 aromatic heterocycles. The number of likely N-dealkylation sites (N-methyl/N-ethyl adjacent to an activating group) is 1. The normalized spacial score (nSPS) is 23.2. The average molecular weight is 338 g/mol. The number of fused-ring (bicyclic) bond motifs is 2. The zero-order valence-corrected chi connectivity index (χ0v) is 15.3. The number of hydrogen-bond acceptors (Lipinski definition) is 2. The monoisotopic (exact) mass is 338 g/mol. The summed E-state index contributed by atoms with van der Waals surface area (Å²) in [6.45, 7) is 6.37. The minimum Gasteiger partial charge on any atom is -0.350 e. The van der Waals surface area contributed by atoms with Crippen molar-refractivity contribution in [2.24, 2.45) is 12.9 Å². The molecule has 0 saturated heterocycles. The van der Waals surface area contributed by atoms with Crippen LogP contribution in [0.2, 0.25) is 0 Å². The Kier molecular flexibility index (Phi) is 3.66. The van der Waals surface area contributed by atoms with Crippen LogP contribution < -0.4 is 0 Å². The summed E-state index contributed by atoms with van der Waals surface area (Å²) in [5.74, 6) is 0.149. The highest BCUT2D eigenvalue weighted by Crippen LogP contribution is 2.41. The van der Waals surface area contributed by atoms with E-state index in [0.717, 1.165) is 31.6 Å². The van der Waals surface area contributed by atoms with Gasteiger partial charge in [0.2, 0.25) is 5.91 Å². The predicted molar refractivity (Wildman–Crippen MR) is 102 cm³/mol. The molecule has 0 fully saturated rings. The van der Waals surface area contributed by atoms with Gasteiger partial charge in [0.05, 0.1) is 5.92 Å². The SMILES string of the molecule is [2H]Cn1cc2c3c(cccc31)C1=C[C@@H](C(=O)N(CC)CC)CN(C)[C@@H]1C2. The molecule has 132 valence electrons. The molecular formula is C21H27N3O. The fraction of sp³-hybridized carbons (Fsp3) is 0.476. The molecule has 2 heterocycles. The van der Waals surface area contributed by atoms with Crippen LogP contribution in [-0.2, 0) is 18.2 Å². The molecule has 0 spiro atoms. The van der Waals surface area contributed by atoms with Crippen molar-refractivity contribution in [3.63, 3.8) is 0 Å². The van der Waals surface area contributed by atoms with E-state index in [0.29, 0.717) is 6.04 Å². The Morgan fingerprint density at radius 1 is 1.36 bits per heavy atom. The van der Waals surface area contributed by atoms with Gasteiger partial charge in [-0.2, -0.15) is 0 Å². The van der Waals surface area contributed by atoms with Crippen LogP contribution in [0.25, 0.3) is 16.5 Å². The zero-order valence-electron chi connectivity index (χ0n) is 16.3. The van der Waals surface area contributed by atoms with Crippen LogP contribution in [0.15, 0.2) is 30.5 Å². The Balaban J connectivity index is 1.83. The molecule has 2 atom stereocenters. The topological polar surface area (TPSA) is 28.5 Å². The molecule has 2 aromatic rings. The summed E-state index contributed by atoms with van der Waals surface area (Å²) in [7, 11) is 2.37. The molecule has 4 heteroatoms. The first-order valence-electron chi connectivity index (χ1n) is 9.90. The lowest BCUT2D eigenvalue weighted by Crippen LogP contribution is -2.47. The number of nitrogens with zero attached hydrogens (tertiary/aromatic N) is 3. The van der Waals surface area contributed by atoms with E-state index >= 15 is 0 Å². The Hall–Kier alpha value is -2.07. The van der Waals surface area contributed by atoms with Crippen LogP contribution in [0, 0.1) is 5.92 Å². The molecule has 0 bridgehead atoms. The Morgan fingerprint density at radius 2 is 2.16 bits per heavy atom. The number of rotatable bonds is 3. The van der Waals surface area contributed by atoms with E-state index in [4.69, 9.17) is 1.37 Å². The van der Waals surface area contributed by atoms with Gasteiger partial charge in [-0.3, -0.25) is 9.69 Å². The van der Waals surface area contributed by atoms with Crippen molar-refractivity contribution in [2.45, 2.75) is 26.3 Å². The van der Waals surface area contributed by atoms with E-state index in [1.54, 1.807) is 0 Å². The fourth-order valence-electron chi connectivity index (χ4n) is 4.55. The van der Waals surface area contributed by atoms with E-state index in [1.165, 1.54) is 22.1 Å². The standard InChI is InChI=1S/C21H27N3O/c1-5-24(6-2)21(25)15-10-17-16-8-7-9-18-20(16)14(12-22(18)3)11-19(17)23(4)13-15/h7-10,12,15,19H,5-6,11,13H2,1-4H3/t15-,19-/m1/s1/i3D. The van der Waals surface area contributed by atoms with Crippen molar-refractivity contribution >= 4 is 22.4 Å². The lowest BCUT2D eigenvalue weighted by molar-refractivity contribution is -0.134. The molecule has 25 heavy (non-hydrogen) atoms. The van der Waals surface area contributed by atoms with Crippen molar-refractivity contribution in [1.82, 2.24) is 14.4 Å². The predicted octanol–water partition coefficient (Wildman–Crippen LogP) is 2.92. The molecule has 0 N–H and O–H groups in total. The summed E-state index contributed by atoms with van der Waals surface area (Å²) in [6, 6.07) is 6.67. The molecule has 1 aliphatic carbocycles. The summed E-state index contributed by atoms with van der Waals surface area (Å²) < 4.78 is 9.83. The van der Waals surface area contributed by atoms with Gasteiger partial charge in [0.15, 0.2) is 0 Å². The summed E-state index contributed by atoms with van der Waals surface area (Å²) in [5.41, 5.74) is 4.98. The lowest BCUT2D eigenvalue weighted by atomic mass is 9.79. The second kappa shape index (κ2) is 6.03. The third-order valence-corrected chi connectivity index (χ3v) is 5.86. The maximum absolute atomic E-state index is 12.9. The third kappa shape index (κ3) is 2.43. The molecular weight excluding hydrogens is 310 g/mol. The van der Waals surface area contributed by atoms with Gasteiger partial charge < -0.3 is 9.47 Å². The van der Waals surface area contributed by atoms with Crippen LogP contribution in [0.3, 0.4) is 0 Å². The van der Waals surface area contributed by atoms with Crippen LogP contribution in [0.1, 0.15) is 26.3 Å². The zero-order chi connectivity index (χ0) is 18.4. The van der Waals surface area contributed by atoms with Gasteiger partial charge in [-0.25, -0.2) is 0 Å². The summed E-state index contributed by atoms with van der Waals surface area (Å²) >= 11 is 0. The number of hydrogen-bond donors (Lipinski definition) is 0. The van der Waals surface area contributed by atoms with Gasteiger partial charge in [-0.15, -0.1) is 0 Å². The maximum atomic E-state index is 12.9. The summed E-state index contributed by atoms with van der Waals surface area (Å²) in [6.07, 6.45) is 5.31. The second-order valence-corrected chi connectivity index (χ2v) is 7.22. The van der Waals surface area contributed by atoms with Gasteiger partial charge in [0.25, 0.3) is 0 Å². The van der Waals surface area contributed by atoms with Gasteiger partial charge in [0, 0.05) is 51.2 Å². The molecule has 2 aliphatic rings. The Labute approximate surface area is 151 Å². The highest BCUT2D eigenvalue weighted by molar-refractivity contribution is 5.99. The first-order chi connectivity index (χ1) is 12.6. The quantitative estimate of drug-likeness (QED) is 0.861. The third-order valence-electron chi connectivity index (χ3n) is 5.86. The molecule has 1 aliphatic heterocycles. The molecule has 4 rings (SSSR count). The van der Waals surface area contributed by atoms with E-state index in [1.807, 2.05) is 23.3 Å². The number of amides is 1. The van der Waals surface area contributed by atoms with E-state index in [-0.39, 0.29) is 18.8 Å². The number of aryl methyl sites for hydroxylation is 1.